The van der Waals surface area contributed by atoms with Crippen molar-refractivity contribution in [3.63, 3.8) is 0 Å². The SMILES string of the molecule is [C-]#[N+]CC[C@H]1CC[C@@H]2O[C@@H]3C[C@]2(C=CC3OC(C)=O)O1. The van der Waals surface area contributed by atoms with Gasteiger partial charge in [-0.1, -0.05) is 6.08 Å². The van der Waals surface area contributed by atoms with Crippen molar-refractivity contribution >= 4 is 5.97 Å². The molecule has 2 saturated heterocycles. The van der Waals surface area contributed by atoms with Gasteiger partial charge in [-0.25, -0.2) is 6.57 Å². The Morgan fingerprint density at radius 2 is 2.40 bits per heavy atom. The summed E-state index contributed by atoms with van der Waals surface area (Å²) >= 11 is 0. The van der Waals surface area contributed by atoms with Gasteiger partial charge in [0.1, 0.15) is 17.8 Å². The van der Waals surface area contributed by atoms with Gasteiger partial charge in [0, 0.05) is 19.8 Å². The molecule has 3 rings (SSSR count). The molecule has 2 bridgehead atoms. The molecule has 5 nitrogen and oxygen atoms in total. The number of esters is 1. The Labute approximate surface area is 118 Å². The molecule has 1 unspecified atom stereocenters. The molecule has 0 aromatic rings. The van der Waals surface area contributed by atoms with E-state index < -0.39 is 0 Å². The Morgan fingerprint density at radius 1 is 1.55 bits per heavy atom. The van der Waals surface area contributed by atoms with E-state index in [0.29, 0.717) is 6.54 Å². The molecule has 0 aromatic carbocycles. The summed E-state index contributed by atoms with van der Waals surface area (Å²) in [5.74, 6) is -0.287. The predicted octanol–water partition coefficient (Wildman–Crippen LogP) is 1.87. The molecule has 0 N–H and O–H groups in total. The molecule has 2 fully saturated rings. The Morgan fingerprint density at radius 3 is 3.15 bits per heavy atom. The van der Waals surface area contributed by atoms with Crippen LogP contribution in [0.3, 0.4) is 0 Å². The lowest BCUT2D eigenvalue weighted by atomic mass is 9.82. The second-order valence-electron chi connectivity index (χ2n) is 5.74. The number of rotatable bonds is 3. The molecule has 3 aliphatic rings. The van der Waals surface area contributed by atoms with Crippen LogP contribution in [0.4, 0.5) is 0 Å². The average Bonchev–Trinajstić information content (AvgIpc) is 2.72. The van der Waals surface area contributed by atoms with Crippen molar-refractivity contribution in [2.24, 2.45) is 0 Å². The van der Waals surface area contributed by atoms with Crippen LogP contribution in [0.15, 0.2) is 12.2 Å². The number of carbonyl (C=O) groups is 1. The standard InChI is InChI=1S/C15H19NO4/c1-10(17)18-12-5-7-15-9-13(12)19-14(15)4-3-11(20-15)6-8-16-2/h5,7,11-14H,3-4,6,8-9H2,1H3/t11-,12?,13-,14+,15+/m1/s1. The summed E-state index contributed by atoms with van der Waals surface area (Å²) in [5.41, 5.74) is -0.369. The summed E-state index contributed by atoms with van der Waals surface area (Å²) in [6.45, 7) is 8.80. The van der Waals surface area contributed by atoms with Crippen molar-refractivity contribution in [3.05, 3.63) is 23.6 Å². The molecule has 0 saturated carbocycles. The van der Waals surface area contributed by atoms with Crippen molar-refractivity contribution in [2.75, 3.05) is 6.54 Å². The molecule has 5 atom stereocenters. The van der Waals surface area contributed by atoms with Crippen molar-refractivity contribution < 1.29 is 19.0 Å². The van der Waals surface area contributed by atoms with Crippen LogP contribution in [-0.2, 0) is 19.0 Å². The fraction of sp³-hybridized carbons (Fsp3) is 0.733. The normalized spacial score (nSPS) is 41.8. The summed E-state index contributed by atoms with van der Waals surface area (Å²) in [5, 5.41) is 0. The minimum absolute atomic E-state index is 0.0495. The highest BCUT2D eigenvalue weighted by Crippen LogP contribution is 2.47. The van der Waals surface area contributed by atoms with E-state index in [4.69, 9.17) is 20.8 Å². The molecular formula is C15H19NO4. The summed E-state index contributed by atoms with van der Waals surface area (Å²) in [7, 11) is 0. The number of ether oxygens (including phenoxy) is 3. The molecule has 0 aromatic heterocycles. The van der Waals surface area contributed by atoms with Crippen molar-refractivity contribution in [2.45, 2.75) is 62.6 Å². The molecule has 0 amide bonds. The van der Waals surface area contributed by atoms with E-state index >= 15 is 0 Å². The molecule has 0 radical (unpaired) electrons. The first-order chi connectivity index (χ1) is 9.63. The van der Waals surface area contributed by atoms with Crippen molar-refractivity contribution in [1.82, 2.24) is 0 Å². The Balaban J connectivity index is 1.71. The third kappa shape index (κ3) is 2.34. The third-order valence-electron chi connectivity index (χ3n) is 4.34. The van der Waals surface area contributed by atoms with Gasteiger partial charge in [0.25, 0.3) is 0 Å². The minimum atomic E-state index is -0.369. The van der Waals surface area contributed by atoms with Crippen LogP contribution < -0.4 is 0 Å². The fourth-order valence-corrected chi connectivity index (χ4v) is 3.47. The Hall–Kier alpha value is -1.38. The van der Waals surface area contributed by atoms with Gasteiger partial charge in [0.2, 0.25) is 6.54 Å². The first-order valence-electron chi connectivity index (χ1n) is 7.16. The monoisotopic (exact) mass is 277 g/mol. The smallest absolute Gasteiger partial charge is 0.303 e. The van der Waals surface area contributed by atoms with Crippen LogP contribution in [0.25, 0.3) is 4.85 Å². The maximum Gasteiger partial charge on any atom is 0.303 e. The van der Waals surface area contributed by atoms with Crippen molar-refractivity contribution in [3.8, 4) is 0 Å². The van der Waals surface area contributed by atoms with Crippen LogP contribution >= 0.6 is 0 Å². The molecule has 2 heterocycles. The lowest BCUT2D eigenvalue weighted by Gasteiger charge is -2.40. The van der Waals surface area contributed by atoms with E-state index in [1.165, 1.54) is 6.92 Å². The quantitative estimate of drug-likeness (QED) is 0.449. The molecule has 2 aliphatic heterocycles. The predicted molar refractivity (Wildman–Crippen MR) is 70.9 cm³/mol. The number of hydrogen-bond acceptors (Lipinski definition) is 4. The third-order valence-corrected chi connectivity index (χ3v) is 4.34. The maximum absolute atomic E-state index is 11.1. The van der Waals surface area contributed by atoms with Gasteiger partial charge in [0.15, 0.2) is 0 Å². The number of fused-ring (bicyclic) bond motifs is 1. The highest BCUT2D eigenvalue weighted by atomic mass is 16.6. The zero-order valence-electron chi connectivity index (χ0n) is 11.6. The molecule has 20 heavy (non-hydrogen) atoms. The van der Waals surface area contributed by atoms with Gasteiger partial charge in [-0.05, 0) is 18.9 Å². The van der Waals surface area contributed by atoms with Gasteiger partial charge >= 0.3 is 5.97 Å². The molecular weight excluding hydrogens is 258 g/mol. The van der Waals surface area contributed by atoms with Crippen LogP contribution in [0, 0.1) is 6.57 Å². The molecule has 1 aliphatic carbocycles. The first-order valence-corrected chi connectivity index (χ1v) is 7.16. The second kappa shape index (κ2) is 5.19. The maximum atomic E-state index is 11.1. The largest absolute Gasteiger partial charge is 0.456 e. The second-order valence-corrected chi connectivity index (χ2v) is 5.74. The summed E-state index contributed by atoms with van der Waals surface area (Å²) < 4.78 is 17.5. The minimum Gasteiger partial charge on any atom is -0.456 e. The van der Waals surface area contributed by atoms with Gasteiger partial charge < -0.3 is 19.1 Å². The van der Waals surface area contributed by atoms with Gasteiger partial charge in [0.05, 0.1) is 12.2 Å². The van der Waals surface area contributed by atoms with Gasteiger partial charge in [-0.2, -0.15) is 0 Å². The van der Waals surface area contributed by atoms with E-state index in [0.717, 1.165) is 25.7 Å². The number of nitrogens with zero attached hydrogens (tertiary/aromatic N) is 1. The molecule has 5 heteroatoms. The molecule has 1 spiro atoms. The average molecular weight is 277 g/mol. The summed E-state index contributed by atoms with van der Waals surface area (Å²) in [6.07, 6.45) is 7.08. The van der Waals surface area contributed by atoms with Crippen LogP contribution in [0.2, 0.25) is 0 Å². The highest BCUT2D eigenvalue weighted by Gasteiger charge is 2.55. The number of hydrogen-bond donors (Lipinski definition) is 0. The van der Waals surface area contributed by atoms with E-state index in [1.807, 2.05) is 12.2 Å². The Bertz CT molecular complexity index is 469. The van der Waals surface area contributed by atoms with Crippen LogP contribution in [0.1, 0.15) is 32.6 Å². The number of carbonyl (C=O) groups excluding carboxylic acids is 1. The Kier molecular flexibility index (Phi) is 3.53. The topological polar surface area (TPSA) is 49.1 Å². The van der Waals surface area contributed by atoms with E-state index in [9.17, 15) is 4.79 Å². The zero-order chi connectivity index (χ0) is 14.2. The van der Waals surface area contributed by atoms with Gasteiger partial charge in [-0.3, -0.25) is 4.79 Å². The van der Waals surface area contributed by atoms with Crippen LogP contribution in [0.5, 0.6) is 0 Å². The van der Waals surface area contributed by atoms with E-state index in [-0.39, 0.29) is 36.0 Å². The van der Waals surface area contributed by atoms with Crippen molar-refractivity contribution in [1.29, 1.82) is 0 Å². The molecule has 108 valence electrons. The van der Waals surface area contributed by atoms with Gasteiger partial charge in [-0.15, -0.1) is 0 Å². The zero-order valence-corrected chi connectivity index (χ0v) is 11.6. The lowest BCUT2D eigenvalue weighted by molar-refractivity contribution is -0.152. The first kappa shape index (κ1) is 13.6. The van der Waals surface area contributed by atoms with Crippen LogP contribution in [-0.4, -0.2) is 42.5 Å². The fourth-order valence-electron chi connectivity index (χ4n) is 3.47. The van der Waals surface area contributed by atoms with E-state index in [1.54, 1.807) is 0 Å². The lowest BCUT2D eigenvalue weighted by Crippen LogP contribution is -2.48. The summed E-state index contributed by atoms with van der Waals surface area (Å²) in [4.78, 5) is 14.5. The highest BCUT2D eigenvalue weighted by molar-refractivity contribution is 5.66. The summed E-state index contributed by atoms with van der Waals surface area (Å²) in [6, 6.07) is 0. The van der Waals surface area contributed by atoms with E-state index in [2.05, 4.69) is 4.85 Å².